The van der Waals surface area contributed by atoms with Crippen molar-refractivity contribution in [2.24, 2.45) is 0 Å². The second kappa shape index (κ2) is 5.59. The SMILES string of the molecule is CC(C)(C)c1nccc(NCc2noc(-c3ccco3)n2)n1. The Morgan fingerprint density at radius 2 is 2.05 bits per heavy atom. The van der Waals surface area contributed by atoms with Crippen LogP contribution in [-0.4, -0.2) is 20.1 Å². The first-order chi connectivity index (χ1) is 10.5. The minimum Gasteiger partial charge on any atom is -0.459 e. The van der Waals surface area contributed by atoms with Gasteiger partial charge in [-0.1, -0.05) is 25.9 Å². The lowest BCUT2D eigenvalue weighted by atomic mass is 9.96. The molecule has 3 rings (SSSR count). The van der Waals surface area contributed by atoms with Gasteiger partial charge in [0.15, 0.2) is 11.6 Å². The molecule has 22 heavy (non-hydrogen) atoms. The van der Waals surface area contributed by atoms with E-state index in [4.69, 9.17) is 8.94 Å². The van der Waals surface area contributed by atoms with Crippen LogP contribution in [0.2, 0.25) is 0 Å². The van der Waals surface area contributed by atoms with Crippen LogP contribution in [0.1, 0.15) is 32.4 Å². The average Bonchev–Trinajstić information content (AvgIpc) is 3.15. The van der Waals surface area contributed by atoms with Gasteiger partial charge in [0.05, 0.1) is 12.8 Å². The Morgan fingerprint density at radius 3 is 2.77 bits per heavy atom. The third-order valence-electron chi connectivity index (χ3n) is 2.95. The maximum Gasteiger partial charge on any atom is 0.293 e. The van der Waals surface area contributed by atoms with Gasteiger partial charge in [-0.3, -0.25) is 0 Å². The van der Waals surface area contributed by atoms with E-state index in [1.165, 1.54) is 0 Å². The predicted octanol–water partition coefficient (Wildman–Crippen LogP) is 3.03. The van der Waals surface area contributed by atoms with Gasteiger partial charge in [-0.2, -0.15) is 4.98 Å². The molecular weight excluding hydrogens is 282 g/mol. The van der Waals surface area contributed by atoms with Crippen LogP contribution >= 0.6 is 0 Å². The van der Waals surface area contributed by atoms with Gasteiger partial charge in [-0.15, -0.1) is 0 Å². The topological polar surface area (TPSA) is 89.9 Å². The Kier molecular flexibility index (Phi) is 3.62. The van der Waals surface area contributed by atoms with Crippen molar-refractivity contribution >= 4 is 5.82 Å². The standard InChI is InChI=1S/C15H17N5O2/c1-15(2,3)14-16-7-6-11(19-14)17-9-12-18-13(22-20-12)10-5-4-8-21-10/h4-8H,9H2,1-3H3,(H,16,17,19). The van der Waals surface area contributed by atoms with E-state index in [0.717, 1.165) is 11.6 Å². The lowest BCUT2D eigenvalue weighted by molar-refractivity contribution is 0.410. The molecule has 0 unspecified atom stereocenters. The van der Waals surface area contributed by atoms with E-state index in [0.29, 0.717) is 24.0 Å². The molecule has 0 aliphatic rings. The summed E-state index contributed by atoms with van der Waals surface area (Å²) in [5.74, 6) is 2.95. The third-order valence-corrected chi connectivity index (χ3v) is 2.95. The van der Waals surface area contributed by atoms with E-state index >= 15 is 0 Å². The van der Waals surface area contributed by atoms with Crippen molar-refractivity contribution in [1.82, 2.24) is 20.1 Å². The number of aromatic nitrogens is 4. The van der Waals surface area contributed by atoms with Gasteiger partial charge in [0.2, 0.25) is 0 Å². The summed E-state index contributed by atoms with van der Waals surface area (Å²) in [4.78, 5) is 13.0. The van der Waals surface area contributed by atoms with Crippen molar-refractivity contribution in [1.29, 1.82) is 0 Å². The molecule has 7 heteroatoms. The molecule has 0 atom stereocenters. The fourth-order valence-electron chi connectivity index (χ4n) is 1.81. The number of nitrogens with one attached hydrogen (secondary N) is 1. The van der Waals surface area contributed by atoms with Gasteiger partial charge in [-0.25, -0.2) is 9.97 Å². The third kappa shape index (κ3) is 3.13. The van der Waals surface area contributed by atoms with Crippen molar-refractivity contribution in [3.63, 3.8) is 0 Å². The van der Waals surface area contributed by atoms with E-state index < -0.39 is 0 Å². The van der Waals surface area contributed by atoms with Gasteiger partial charge in [-0.05, 0) is 18.2 Å². The van der Waals surface area contributed by atoms with Gasteiger partial charge in [0.25, 0.3) is 5.89 Å². The maximum atomic E-state index is 5.21. The number of furan rings is 1. The van der Waals surface area contributed by atoms with Crippen LogP contribution in [0.25, 0.3) is 11.7 Å². The average molecular weight is 299 g/mol. The molecule has 0 fully saturated rings. The fourth-order valence-corrected chi connectivity index (χ4v) is 1.81. The van der Waals surface area contributed by atoms with E-state index in [9.17, 15) is 0 Å². The molecule has 0 aliphatic carbocycles. The van der Waals surface area contributed by atoms with Gasteiger partial charge < -0.3 is 14.3 Å². The molecule has 0 aliphatic heterocycles. The molecule has 0 spiro atoms. The molecular formula is C15H17N5O2. The first-order valence-electron chi connectivity index (χ1n) is 6.96. The van der Waals surface area contributed by atoms with E-state index in [2.05, 4.69) is 46.2 Å². The van der Waals surface area contributed by atoms with Crippen LogP contribution < -0.4 is 5.32 Å². The van der Waals surface area contributed by atoms with Gasteiger partial charge >= 0.3 is 0 Å². The van der Waals surface area contributed by atoms with Crippen molar-refractivity contribution in [2.75, 3.05) is 5.32 Å². The van der Waals surface area contributed by atoms with Crippen LogP contribution in [0.3, 0.4) is 0 Å². The lowest BCUT2D eigenvalue weighted by Crippen LogP contribution is -2.17. The molecule has 3 heterocycles. The van der Waals surface area contributed by atoms with Crippen molar-refractivity contribution < 1.29 is 8.94 Å². The highest BCUT2D eigenvalue weighted by Gasteiger charge is 2.17. The normalized spacial score (nSPS) is 11.6. The van der Waals surface area contributed by atoms with Crippen LogP contribution in [-0.2, 0) is 12.0 Å². The summed E-state index contributed by atoms with van der Waals surface area (Å²) >= 11 is 0. The Balaban J connectivity index is 1.68. The summed E-state index contributed by atoms with van der Waals surface area (Å²) < 4.78 is 10.4. The summed E-state index contributed by atoms with van der Waals surface area (Å²) in [7, 11) is 0. The first-order valence-corrected chi connectivity index (χ1v) is 6.96. The largest absolute Gasteiger partial charge is 0.459 e. The number of rotatable bonds is 4. The highest BCUT2D eigenvalue weighted by molar-refractivity contribution is 5.43. The molecule has 3 aromatic rings. The highest BCUT2D eigenvalue weighted by Crippen LogP contribution is 2.19. The van der Waals surface area contributed by atoms with E-state index in [1.807, 2.05) is 6.07 Å². The minimum atomic E-state index is -0.101. The summed E-state index contributed by atoms with van der Waals surface area (Å²) in [5, 5.41) is 7.07. The predicted molar refractivity (Wildman–Crippen MR) is 80.1 cm³/mol. The molecule has 0 bridgehead atoms. The Hall–Kier alpha value is -2.70. The second-order valence-electron chi connectivity index (χ2n) is 5.86. The molecule has 114 valence electrons. The van der Waals surface area contributed by atoms with Gasteiger partial charge in [0.1, 0.15) is 11.6 Å². The molecule has 0 saturated carbocycles. The molecule has 7 nitrogen and oxygen atoms in total. The monoisotopic (exact) mass is 299 g/mol. The number of anilines is 1. The smallest absolute Gasteiger partial charge is 0.293 e. The number of hydrogen-bond donors (Lipinski definition) is 1. The van der Waals surface area contributed by atoms with Crippen LogP contribution in [0, 0.1) is 0 Å². The maximum absolute atomic E-state index is 5.21. The first kappa shape index (κ1) is 14.2. The van der Waals surface area contributed by atoms with Crippen LogP contribution in [0.15, 0.2) is 39.6 Å². The van der Waals surface area contributed by atoms with Crippen LogP contribution in [0.5, 0.6) is 0 Å². The van der Waals surface area contributed by atoms with Crippen molar-refractivity contribution in [2.45, 2.75) is 32.7 Å². The zero-order valence-electron chi connectivity index (χ0n) is 12.7. The number of nitrogens with zero attached hydrogens (tertiary/aromatic N) is 4. The molecule has 0 saturated heterocycles. The Labute approximate surface area is 127 Å². The fraction of sp³-hybridized carbons (Fsp3) is 0.333. The van der Waals surface area contributed by atoms with Crippen LogP contribution in [0.4, 0.5) is 5.82 Å². The molecule has 0 aromatic carbocycles. The van der Waals surface area contributed by atoms with Crippen molar-refractivity contribution in [3.8, 4) is 11.7 Å². The summed E-state index contributed by atoms with van der Waals surface area (Å²) in [6.07, 6.45) is 3.30. The molecule has 0 radical (unpaired) electrons. The molecule has 3 aromatic heterocycles. The Morgan fingerprint density at radius 1 is 1.18 bits per heavy atom. The highest BCUT2D eigenvalue weighted by atomic mass is 16.5. The summed E-state index contributed by atoms with van der Waals surface area (Å²) in [6, 6.07) is 5.35. The van der Waals surface area contributed by atoms with E-state index in [1.54, 1.807) is 24.6 Å². The van der Waals surface area contributed by atoms with Gasteiger partial charge in [0, 0.05) is 11.6 Å². The molecule has 0 amide bonds. The Bertz CT molecular complexity index is 743. The molecule has 1 N–H and O–H groups in total. The zero-order chi connectivity index (χ0) is 15.6. The zero-order valence-corrected chi connectivity index (χ0v) is 12.7. The summed E-state index contributed by atoms with van der Waals surface area (Å²) in [5.41, 5.74) is -0.101. The minimum absolute atomic E-state index is 0.101. The van der Waals surface area contributed by atoms with Crippen molar-refractivity contribution in [3.05, 3.63) is 42.3 Å². The summed E-state index contributed by atoms with van der Waals surface area (Å²) in [6.45, 7) is 6.62. The van der Waals surface area contributed by atoms with E-state index in [-0.39, 0.29) is 5.41 Å². The number of hydrogen-bond acceptors (Lipinski definition) is 7. The second-order valence-corrected chi connectivity index (χ2v) is 5.86. The quantitative estimate of drug-likeness (QED) is 0.791. The lowest BCUT2D eigenvalue weighted by Gasteiger charge is -2.16.